The highest BCUT2D eigenvalue weighted by Crippen LogP contribution is 2.40. The quantitative estimate of drug-likeness (QED) is 0.638. The van der Waals surface area contributed by atoms with E-state index in [0.717, 1.165) is 56.8 Å². The van der Waals surface area contributed by atoms with Gasteiger partial charge in [-0.2, -0.15) is 0 Å². The lowest BCUT2D eigenvalue weighted by Crippen LogP contribution is -2.47. The predicted octanol–water partition coefficient (Wildman–Crippen LogP) is 4.02. The smallest absolute Gasteiger partial charge is 0.141 e. The van der Waals surface area contributed by atoms with Gasteiger partial charge in [0.05, 0.1) is 5.39 Å². The number of anilines is 1. The third kappa shape index (κ3) is 3.96. The minimum Gasteiger partial charge on any atom is -0.492 e. The number of benzene rings is 1. The Morgan fingerprint density at radius 1 is 1.10 bits per heavy atom. The number of aryl methyl sites for hydroxylation is 1. The molecule has 1 aliphatic carbocycles. The Balaban J connectivity index is 1.24. The molecule has 6 heteroatoms. The molecule has 2 aromatic heterocycles. The van der Waals surface area contributed by atoms with Crippen LogP contribution in [-0.2, 0) is 12.8 Å². The summed E-state index contributed by atoms with van der Waals surface area (Å²) >= 11 is 1.88. The van der Waals surface area contributed by atoms with Crippen LogP contribution in [0.3, 0.4) is 0 Å². The fraction of sp³-hybridized carbons (Fsp3) is 0.478. The zero-order valence-electron chi connectivity index (χ0n) is 17.0. The fourth-order valence-electron chi connectivity index (χ4n) is 4.50. The number of rotatable bonds is 5. The second kappa shape index (κ2) is 8.28. The van der Waals surface area contributed by atoms with E-state index in [2.05, 4.69) is 21.7 Å². The summed E-state index contributed by atoms with van der Waals surface area (Å²) in [5.41, 5.74) is 1.53. The molecule has 0 N–H and O–H groups in total. The molecule has 0 bridgehead atoms. The Morgan fingerprint density at radius 2 is 1.93 bits per heavy atom. The molecule has 0 saturated carbocycles. The number of nitrogens with zero attached hydrogens (tertiary/aromatic N) is 4. The standard InChI is InChI=1S/C23H28N4OS/c1-17-7-8-20-19(15-17)21-22(24-16-25-23(21)29-20)27-11-9-26(10-12-27)13-14-28-18-5-3-2-4-6-18/h2-6,16-17H,7-15H2,1H3/t17-/m1/s1. The van der Waals surface area contributed by atoms with Gasteiger partial charge in [0.25, 0.3) is 0 Å². The second-order valence-corrected chi connectivity index (χ2v) is 9.30. The van der Waals surface area contributed by atoms with Gasteiger partial charge in [-0.15, -0.1) is 11.3 Å². The highest BCUT2D eigenvalue weighted by Gasteiger charge is 2.26. The number of aromatic nitrogens is 2. The average molecular weight is 409 g/mol. The van der Waals surface area contributed by atoms with Gasteiger partial charge in [0, 0.05) is 37.6 Å². The molecule has 1 atom stereocenters. The van der Waals surface area contributed by atoms with E-state index in [1.165, 1.54) is 39.9 Å². The van der Waals surface area contributed by atoms with E-state index in [0.29, 0.717) is 0 Å². The summed E-state index contributed by atoms with van der Waals surface area (Å²) in [7, 11) is 0. The molecule has 1 aliphatic heterocycles. The van der Waals surface area contributed by atoms with Gasteiger partial charge in [0.2, 0.25) is 0 Å². The maximum Gasteiger partial charge on any atom is 0.141 e. The van der Waals surface area contributed by atoms with E-state index in [-0.39, 0.29) is 0 Å². The van der Waals surface area contributed by atoms with Crippen molar-refractivity contribution in [3.05, 3.63) is 47.1 Å². The second-order valence-electron chi connectivity index (χ2n) is 8.22. The van der Waals surface area contributed by atoms with E-state index in [9.17, 15) is 0 Å². The predicted molar refractivity (Wildman–Crippen MR) is 119 cm³/mol. The van der Waals surface area contributed by atoms with Crippen LogP contribution in [-0.4, -0.2) is 54.2 Å². The van der Waals surface area contributed by atoms with Crippen LogP contribution in [0.5, 0.6) is 5.75 Å². The first-order valence-corrected chi connectivity index (χ1v) is 11.5. The first-order valence-electron chi connectivity index (χ1n) is 10.7. The third-order valence-electron chi connectivity index (χ3n) is 6.16. The Kier molecular flexibility index (Phi) is 5.38. The minimum atomic E-state index is 0.734. The van der Waals surface area contributed by atoms with Crippen LogP contribution < -0.4 is 9.64 Å². The van der Waals surface area contributed by atoms with Crippen molar-refractivity contribution < 1.29 is 4.74 Å². The van der Waals surface area contributed by atoms with Crippen LogP contribution in [0.4, 0.5) is 5.82 Å². The maximum absolute atomic E-state index is 5.87. The zero-order valence-corrected chi connectivity index (χ0v) is 17.8. The van der Waals surface area contributed by atoms with Gasteiger partial charge in [0.1, 0.15) is 29.3 Å². The number of para-hydroxylation sites is 1. The molecule has 1 fully saturated rings. The number of piperazine rings is 1. The number of hydrogen-bond acceptors (Lipinski definition) is 6. The Bertz CT molecular complexity index is 966. The Hall–Kier alpha value is -2.18. The third-order valence-corrected chi connectivity index (χ3v) is 7.36. The summed E-state index contributed by atoms with van der Waals surface area (Å²) in [5.74, 6) is 2.86. The summed E-state index contributed by atoms with van der Waals surface area (Å²) in [6.45, 7) is 8.19. The Labute approximate surface area is 176 Å². The van der Waals surface area contributed by atoms with Gasteiger partial charge in [-0.1, -0.05) is 25.1 Å². The number of fused-ring (bicyclic) bond motifs is 3. The van der Waals surface area contributed by atoms with Gasteiger partial charge in [-0.25, -0.2) is 9.97 Å². The van der Waals surface area contributed by atoms with E-state index < -0.39 is 0 Å². The highest BCUT2D eigenvalue weighted by atomic mass is 32.1. The highest BCUT2D eigenvalue weighted by molar-refractivity contribution is 7.19. The summed E-state index contributed by atoms with van der Waals surface area (Å²) < 4.78 is 5.87. The van der Waals surface area contributed by atoms with Crippen molar-refractivity contribution >= 4 is 27.4 Å². The largest absolute Gasteiger partial charge is 0.492 e. The van der Waals surface area contributed by atoms with E-state index in [4.69, 9.17) is 9.72 Å². The van der Waals surface area contributed by atoms with Crippen molar-refractivity contribution in [3.8, 4) is 5.75 Å². The van der Waals surface area contributed by atoms with Crippen LogP contribution in [0.25, 0.3) is 10.2 Å². The molecule has 0 amide bonds. The van der Waals surface area contributed by atoms with Gasteiger partial charge < -0.3 is 9.64 Å². The van der Waals surface area contributed by atoms with Crippen LogP contribution >= 0.6 is 11.3 Å². The number of thiophene rings is 1. The van der Waals surface area contributed by atoms with Gasteiger partial charge in [-0.05, 0) is 42.9 Å². The molecule has 3 aromatic rings. The fourth-order valence-corrected chi connectivity index (χ4v) is 5.68. The molecule has 1 aromatic carbocycles. The summed E-state index contributed by atoms with van der Waals surface area (Å²) in [4.78, 5) is 17.0. The summed E-state index contributed by atoms with van der Waals surface area (Å²) in [5, 5.41) is 1.33. The van der Waals surface area contributed by atoms with Gasteiger partial charge in [-0.3, -0.25) is 4.90 Å². The molecule has 5 rings (SSSR count). The molecule has 5 nitrogen and oxygen atoms in total. The molecule has 3 heterocycles. The molecule has 1 saturated heterocycles. The van der Waals surface area contributed by atoms with E-state index >= 15 is 0 Å². The van der Waals surface area contributed by atoms with Gasteiger partial charge in [0.15, 0.2) is 0 Å². The molecule has 152 valence electrons. The first kappa shape index (κ1) is 18.8. The van der Waals surface area contributed by atoms with Crippen molar-refractivity contribution in [3.63, 3.8) is 0 Å². The molecular weight excluding hydrogens is 380 g/mol. The lowest BCUT2D eigenvalue weighted by molar-refractivity contribution is 0.200. The van der Waals surface area contributed by atoms with Crippen LogP contribution in [0, 0.1) is 5.92 Å². The molecular formula is C23H28N4OS. The van der Waals surface area contributed by atoms with E-state index in [1.807, 2.05) is 41.7 Å². The van der Waals surface area contributed by atoms with Crippen molar-refractivity contribution in [1.82, 2.24) is 14.9 Å². The SMILES string of the molecule is C[C@@H]1CCc2sc3ncnc(N4CCN(CCOc5ccccc5)CC4)c3c2C1. The topological polar surface area (TPSA) is 41.5 Å². The van der Waals surface area contributed by atoms with Crippen molar-refractivity contribution in [2.45, 2.75) is 26.2 Å². The van der Waals surface area contributed by atoms with Crippen LogP contribution in [0.15, 0.2) is 36.7 Å². The van der Waals surface area contributed by atoms with Gasteiger partial charge >= 0.3 is 0 Å². The lowest BCUT2D eigenvalue weighted by atomic mass is 9.88. The summed E-state index contributed by atoms with van der Waals surface area (Å²) in [6.07, 6.45) is 5.42. The Morgan fingerprint density at radius 3 is 2.76 bits per heavy atom. The number of ether oxygens (including phenoxy) is 1. The maximum atomic E-state index is 5.87. The molecule has 0 radical (unpaired) electrons. The van der Waals surface area contributed by atoms with Crippen LogP contribution in [0.1, 0.15) is 23.8 Å². The molecule has 2 aliphatic rings. The van der Waals surface area contributed by atoms with Crippen molar-refractivity contribution in [1.29, 1.82) is 0 Å². The average Bonchev–Trinajstić information content (AvgIpc) is 3.13. The van der Waals surface area contributed by atoms with E-state index in [1.54, 1.807) is 6.33 Å². The van der Waals surface area contributed by atoms with Crippen molar-refractivity contribution in [2.75, 3.05) is 44.2 Å². The molecule has 0 spiro atoms. The monoisotopic (exact) mass is 408 g/mol. The first-order chi connectivity index (χ1) is 14.3. The molecule has 0 unspecified atom stereocenters. The van der Waals surface area contributed by atoms with Crippen LogP contribution in [0.2, 0.25) is 0 Å². The normalized spacial score (nSPS) is 20.0. The summed E-state index contributed by atoms with van der Waals surface area (Å²) in [6, 6.07) is 10.1. The lowest BCUT2D eigenvalue weighted by Gasteiger charge is -2.35. The zero-order chi connectivity index (χ0) is 19.6. The molecule has 29 heavy (non-hydrogen) atoms. The minimum absolute atomic E-state index is 0.734. The van der Waals surface area contributed by atoms with Crippen molar-refractivity contribution in [2.24, 2.45) is 5.92 Å². The number of hydrogen-bond donors (Lipinski definition) is 0.